The second-order valence-corrected chi connectivity index (χ2v) is 5.02. The topological polar surface area (TPSA) is 25.4 Å². The number of aromatic nitrogens is 1. The lowest BCUT2D eigenvalue weighted by atomic mass is 9.90. The second-order valence-electron chi connectivity index (χ2n) is 5.02. The quantitative estimate of drug-likeness (QED) is 0.735. The summed E-state index contributed by atoms with van der Waals surface area (Å²) in [5.41, 5.74) is 0. The molecule has 1 aromatic rings. The van der Waals surface area contributed by atoms with Gasteiger partial charge in [0.1, 0.15) is 0 Å². The molecule has 2 aliphatic rings. The third-order valence-electron chi connectivity index (χ3n) is 3.87. The van der Waals surface area contributed by atoms with E-state index in [9.17, 15) is 13.2 Å². The van der Waals surface area contributed by atoms with Crippen LogP contribution < -0.4 is 4.90 Å². The number of nitrogens with zero attached hydrogens (tertiary/aromatic N) is 2. The number of hydrogen-bond donors (Lipinski definition) is 0. The Hall–Kier alpha value is -1.30. The van der Waals surface area contributed by atoms with Gasteiger partial charge in [-0.15, -0.1) is 0 Å². The van der Waals surface area contributed by atoms with Gasteiger partial charge in [-0.1, -0.05) is 12.8 Å². The highest BCUT2D eigenvalue weighted by molar-refractivity contribution is 5.42. The molecule has 0 aromatic carbocycles. The van der Waals surface area contributed by atoms with Crippen molar-refractivity contribution in [1.82, 2.24) is 4.98 Å². The van der Waals surface area contributed by atoms with Gasteiger partial charge in [-0.25, -0.2) is 8.78 Å². The Morgan fingerprint density at radius 3 is 2.79 bits per heavy atom. The van der Waals surface area contributed by atoms with Crippen LogP contribution >= 0.6 is 0 Å². The smallest absolute Gasteiger partial charge is 0.251 e. The number of hydrogen-bond acceptors (Lipinski definition) is 3. The Kier molecular flexibility index (Phi) is 3.35. The maximum atomic E-state index is 13.8. The van der Waals surface area contributed by atoms with Crippen molar-refractivity contribution in [1.29, 1.82) is 0 Å². The number of fused-ring (bicyclic) bond motifs is 1. The highest BCUT2D eigenvalue weighted by atomic mass is 19.2. The van der Waals surface area contributed by atoms with Crippen LogP contribution in [-0.2, 0) is 4.74 Å². The number of pyridine rings is 1. The lowest BCUT2D eigenvalue weighted by molar-refractivity contribution is -0.00931. The fraction of sp³-hybridized carbons (Fsp3) is 0.615. The third kappa shape index (κ3) is 2.29. The maximum Gasteiger partial charge on any atom is 0.251 e. The van der Waals surface area contributed by atoms with Crippen molar-refractivity contribution in [2.75, 3.05) is 18.1 Å². The molecule has 104 valence electrons. The SMILES string of the molecule is Fc1cc(F)c(N2CCOC3CCCCC32)nc1F. The molecule has 0 spiro atoms. The van der Waals surface area contributed by atoms with Gasteiger partial charge in [-0.3, -0.25) is 0 Å². The van der Waals surface area contributed by atoms with Crippen molar-refractivity contribution in [2.24, 2.45) is 0 Å². The predicted octanol–water partition coefficient (Wildman–Crippen LogP) is 2.65. The number of rotatable bonds is 1. The number of morpholine rings is 1. The van der Waals surface area contributed by atoms with Crippen LogP contribution in [0, 0.1) is 17.6 Å². The highest BCUT2D eigenvalue weighted by Crippen LogP contribution is 2.32. The molecule has 0 bridgehead atoms. The fourth-order valence-corrected chi connectivity index (χ4v) is 3.00. The van der Waals surface area contributed by atoms with Crippen molar-refractivity contribution >= 4 is 5.82 Å². The minimum absolute atomic E-state index is 0.00867. The highest BCUT2D eigenvalue weighted by Gasteiger charge is 2.36. The zero-order chi connectivity index (χ0) is 13.4. The van der Waals surface area contributed by atoms with Crippen LogP contribution in [0.25, 0.3) is 0 Å². The van der Waals surface area contributed by atoms with Gasteiger partial charge in [0.15, 0.2) is 17.5 Å². The summed E-state index contributed by atoms with van der Waals surface area (Å²) in [5, 5.41) is 0. The fourth-order valence-electron chi connectivity index (χ4n) is 3.00. The van der Waals surface area contributed by atoms with Gasteiger partial charge in [0.2, 0.25) is 0 Å². The monoisotopic (exact) mass is 272 g/mol. The summed E-state index contributed by atoms with van der Waals surface area (Å²) >= 11 is 0. The van der Waals surface area contributed by atoms with Crippen molar-refractivity contribution in [3.8, 4) is 0 Å². The number of anilines is 1. The second kappa shape index (κ2) is 5.00. The Labute approximate surface area is 109 Å². The molecule has 2 heterocycles. The first-order valence-corrected chi connectivity index (χ1v) is 6.56. The molecule has 1 saturated carbocycles. The largest absolute Gasteiger partial charge is 0.374 e. The summed E-state index contributed by atoms with van der Waals surface area (Å²) in [6.45, 7) is 0.914. The molecule has 0 N–H and O–H groups in total. The van der Waals surface area contributed by atoms with Crippen LogP contribution in [0.15, 0.2) is 6.07 Å². The van der Waals surface area contributed by atoms with Crippen LogP contribution in [-0.4, -0.2) is 30.3 Å². The molecule has 0 radical (unpaired) electrons. The molecule has 19 heavy (non-hydrogen) atoms. The molecule has 3 rings (SSSR count). The van der Waals surface area contributed by atoms with Crippen LogP contribution in [0.5, 0.6) is 0 Å². The summed E-state index contributed by atoms with van der Waals surface area (Å²) in [5.74, 6) is -3.42. The normalized spacial score (nSPS) is 27.2. The van der Waals surface area contributed by atoms with E-state index in [1.165, 1.54) is 0 Å². The summed E-state index contributed by atoms with van der Waals surface area (Å²) in [7, 11) is 0. The van der Waals surface area contributed by atoms with E-state index in [4.69, 9.17) is 4.74 Å². The van der Waals surface area contributed by atoms with Crippen LogP contribution in [0.3, 0.4) is 0 Å². The van der Waals surface area contributed by atoms with Gasteiger partial charge in [-0.2, -0.15) is 9.37 Å². The molecule has 0 amide bonds. The lowest BCUT2D eigenvalue weighted by Crippen LogP contribution is -2.53. The van der Waals surface area contributed by atoms with Gasteiger partial charge >= 0.3 is 0 Å². The van der Waals surface area contributed by atoms with Gasteiger partial charge in [0.05, 0.1) is 18.8 Å². The lowest BCUT2D eigenvalue weighted by Gasteiger charge is -2.44. The molecular formula is C13H15F3N2O. The predicted molar refractivity (Wildman–Crippen MR) is 63.5 cm³/mol. The molecule has 2 atom stereocenters. The Bertz CT molecular complexity index is 481. The first-order chi connectivity index (χ1) is 9.16. The van der Waals surface area contributed by atoms with E-state index in [1.807, 2.05) is 0 Å². The molecule has 2 fully saturated rings. The summed E-state index contributed by atoms with van der Waals surface area (Å²) in [4.78, 5) is 5.17. The van der Waals surface area contributed by atoms with E-state index in [2.05, 4.69) is 4.98 Å². The molecule has 1 saturated heterocycles. The molecule has 1 aromatic heterocycles. The zero-order valence-corrected chi connectivity index (χ0v) is 10.4. The van der Waals surface area contributed by atoms with Gasteiger partial charge < -0.3 is 9.64 Å². The standard InChI is InChI=1S/C13H15F3N2O/c14-8-7-9(15)13(17-12(8)16)18-5-6-19-11-4-2-1-3-10(11)18/h7,10-11H,1-6H2. The Morgan fingerprint density at radius 1 is 1.16 bits per heavy atom. The molecule has 6 heteroatoms. The Morgan fingerprint density at radius 2 is 1.95 bits per heavy atom. The molecule has 1 aliphatic heterocycles. The molecular weight excluding hydrogens is 257 g/mol. The maximum absolute atomic E-state index is 13.8. The van der Waals surface area contributed by atoms with Crippen molar-refractivity contribution in [3.63, 3.8) is 0 Å². The van der Waals surface area contributed by atoms with Crippen molar-refractivity contribution < 1.29 is 17.9 Å². The van der Waals surface area contributed by atoms with Gasteiger partial charge in [0, 0.05) is 12.6 Å². The minimum atomic E-state index is -1.25. The number of ether oxygens (including phenoxy) is 1. The van der Waals surface area contributed by atoms with Crippen LogP contribution in [0.2, 0.25) is 0 Å². The van der Waals surface area contributed by atoms with Crippen LogP contribution in [0.1, 0.15) is 25.7 Å². The molecule has 1 aliphatic carbocycles. The summed E-state index contributed by atoms with van der Waals surface area (Å²) < 4.78 is 45.7. The average Bonchev–Trinajstić information content (AvgIpc) is 2.42. The van der Waals surface area contributed by atoms with E-state index in [-0.39, 0.29) is 18.0 Å². The first-order valence-electron chi connectivity index (χ1n) is 6.56. The van der Waals surface area contributed by atoms with Crippen LogP contribution in [0.4, 0.5) is 19.0 Å². The third-order valence-corrected chi connectivity index (χ3v) is 3.87. The number of halogens is 3. The Balaban J connectivity index is 1.93. The van der Waals surface area contributed by atoms with Crippen molar-refractivity contribution in [2.45, 2.75) is 37.8 Å². The van der Waals surface area contributed by atoms with E-state index in [0.717, 1.165) is 25.7 Å². The molecule has 3 nitrogen and oxygen atoms in total. The minimum Gasteiger partial charge on any atom is -0.374 e. The van der Waals surface area contributed by atoms with Crippen molar-refractivity contribution in [3.05, 3.63) is 23.6 Å². The summed E-state index contributed by atoms with van der Waals surface area (Å²) in [6.07, 6.45) is 3.95. The van der Waals surface area contributed by atoms with E-state index >= 15 is 0 Å². The summed E-state index contributed by atoms with van der Waals surface area (Å²) in [6, 6.07) is 0.569. The van der Waals surface area contributed by atoms with E-state index in [1.54, 1.807) is 4.90 Å². The van der Waals surface area contributed by atoms with E-state index < -0.39 is 17.6 Å². The molecule has 2 unspecified atom stereocenters. The average molecular weight is 272 g/mol. The van der Waals surface area contributed by atoms with E-state index in [0.29, 0.717) is 19.2 Å². The van der Waals surface area contributed by atoms with Gasteiger partial charge in [0.25, 0.3) is 5.95 Å². The zero-order valence-electron chi connectivity index (χ0n) is 10.4. The first kappa shape index (κ1) is 12.7. The van der Waals surface area contributed by atoms with Gasteiger partial charge in [-0.05, 0) is 12.8 Å².